The highest BCUT2D eigenvalue weighted by Crippen LogP contribution is 2.33. The molecule has 3 aromatic rings. The van der Waals surface area contributed by atoms with Gasteiger partial charge in [-0.3, -0.25) is 4.79 Å². The molecule has 0 fully saturated rings. The lowest BCUT2D eigenvalue weighted by atomic mass is 10.1. The quantitative estimate of drug-likeness (QED) is 0.607. The summed E-state index contributed by atoms with van der Waals surface area (Å²) in [7, 11) is -2.51. The monoisotopic (exact) mass is 458 g/mol. The molecule has 4 rings (SSSR count). The molecule has 0 spiro atoms. The predicted molar refractivity (Wildman–Crippen MR) is 120 cm³/mol. The van der Waals surface area contributed by atoms with Crippen molar-refractivity contribution in [3.05, 3.63) is 60.0 Å². The van der Waals surface area contributed by atoms with E-state index in [0.29, 0.717) is 30.4 Å². The minimum Gasteiger partial charge on any atom is -0.490 e. The van der Waals surface area contributed by atoms with Crippen LogP contribution in [0, 0.1) is 0 Å². The number of nitrogens with zero attached hydrogens (tertiary/aromatic N) is 1. The maximum Gasteiger partial charge on any atom is 0.243 e. The third-order valence-electron chi connectivity index (χ3n) is 4.78. The van der Waals surface area contributed by atoms with Gasteiger partial charge in [0.1, 0.15) is 0 Å². The number of hydrogen-bond acceptors (Lipinski definition) is 6. The molecule has 0 unspecified atom stereocenters. The van der Waals surface area contributed by atoms with Crippen LogP contribution in [0.1, 0.15) is 6.42 Å². The van der Waals surface area contributed by atoms with Gasteiger partial charge in [0.2, 0.25) is 15.9 Å². The number of likely N-dealkylation sites (N-methyl/N-ethyl adjacent to an activating group) is 1. The Kier molecular flexibility index (Phi) is 6.26. The second-order valence-corrected chi connectivity index (χ2v) is 9.98. The number of nitrogens with one attached hydrogen (secondary N) is 1. The topological polar surface area (TPSA) is 84.9 Å². The van der Waals surface area contributed by atoms with Crippen LogP contribution in [0.2, 0.25) is 0 Å². The Morgan fingerprint density at radius 1 is 1.06 bits per heavy atom. The van der Waals surface area contributed by atoms with Crippen molar-refractivity contribution in [2.24, 2.45) is 0 Å². The Morgan fingerprint density at radius 2 is 1.84 bits per heavy atom. The second kappa shape index (κ2) is 9.09. The molecular formula is C22H22N2O5S2. The average molecular weight is 459 g/mol. The van der Waals surface area contributed by atoms with Crippen molar-refractivity contribution in [2.45, 2.75) is 11.3 Å². The van der Waals surface area contributed by atoms with Crippen LogP contribution in [-0.4, -0.2) is 45.4 Å². The molecule has 0 bridgehead atoms. The van der Waals surface area contributed by atoms with Gasteiger partial charge in [-0.05, 0) is 29.6 Å². The fourth-order valence-corrected chi connectivity index (χ4v) is 5.11. The molecule has 1 amide bonds. The van der Waals surface area contributed by atoms with Crippen LogP contribution < -0.4 is 14.8 Å². The first-order valence-electron chi connectivity index (χ1n) is 9.74. The molecule has 1 aromatic heterocycles. The van der Waals surface area contributed by atoms with E-state index in [0.717, 1.165) is 21.2 Å². The Hall–Kier alpha value is -2.88. The van der Waals surface area contributed by atoms with Crippen molar-refractivity contribution >= 4 is 33.0 Å². The molecule has 2 aromatic carbocycles. The highest BCUT2D eigenvalue weighted by molar-refractivity contribution is 7.89. The van der Waals surface area contributed by atoms with E-state index in [2.05, 4.69) is 5.32 Å². The second-order valence-electron chi connectivity index (χ2n) is 6.99. The molecule has 9 heteroatoms. The van der Waals surface area contributed by atoms with Crippen LogP contribution >= 0.6 is 11.3 Å². The van der Waals surface area contributed by atoms with E-state index in [4.69, 9.17) is 9.47 Å². The number of thiophene rings is 1. The first-order chi connectivity index (χ1) is 14.9. The molecule has 0 atom stereocenters. The van der Waals surface area contributed by atoms with Crippen molar-refractivity contribution in [2.75, 3.05) is 32.1 Å². The molecule has 1 aliphatic heterocycles. The summed E-state index contributed by atoms with van der Waals surface area (Å²) in [5, 5.41) is 4.79. The standard InChI is InChI=1S/C22H22N2O5S2/c1-24(31(26,27)16-9-10-19-20(14-16)29-12-5-11-28-19)15-22(25)23-18-7-3-2-6-17(18)21-8-4-13-30-21/h2-4,6-10,13-14H,5,11-12,15H2,1H3,(H,23,25). The first kappa shape index (κ1) is 21.4. The highest BCUT2D eigenvalue weighted by Gasteiger charge is 2.25. The minimum atomic E-state index is -3.89. The number of para-hydroxylation sites is 1. The molecule has 31 heavy (non-hydrogen) atoms. The third-order valence-corrected chi connectivity index (χ3v) is 7.48. The van der Waals surface area contributed by atoms with Crippen molar-refractivity contribution in [3.8, 4) is 21.9 Å². The van der Waals surface area contributed by atoms with Crippen LogP contribution in [0.4, 0.5) is 5.69 Å². The molecule has 0 saturated carbocycles. The molecule has 1 N–H and O–H groups in total. The van der Waals surface area contributed by atoms with Gasteiger partial charge in [-0.2, -0.15) is 4.31 Å². The lowest BCUT2D eigenvalue weighted by Gasteiger charge is -2.18. The summed E-state index contributed by atoms with van der Waals surface area (Å²) >= 11 is 1.57. The summed E-state index contributed by atoms with van der Waals surface area (Å²) in [6, 6.07) is 15.8. The zero-order chi connectivity index (χ0) is 21.8. The van der Waals surface area contributed by atoms with Gasteiger partial charge in [0.25, 0.3) is 0 Å². The van der Waals surface area contributed by atoms with Gasteiger partial charge in [-0.15, -0.1) is 11.3 Å². The van der Waals surface area contributed by atoms with Gasteiger partial charge >= 0.3 is 0 Å². The van der Waals surface area contributed by atoms with Gasteiger partial charge in [0, 0.05) is 35.7 Å². The minimum absolute atomic E-state index is 0.0473. The van der Waals surface area contributed by atoms with Crippen LogP contribution in [0.3, 0.4) is 0 Å². The molecular weight excluding hydrogens is 436 g/mol. The number of sulfonamides is 1. The summed E-state index contributed by atoms with van der Waals surface area (Å²) in [6.07, 6.45) is 0.726. The van der Waals surface area contributed by atoms with E-state index in [1.54, 1.807) is 23.5 Å². The number of rotatable bonds is 6. The van der Waals surface area contributed by atoms with Gasteiger partial charge < -0.3 is 14.8 Å². The maximum absolute atomic E-state index is 13.0. The molecule has 7 nitrogen and oxygen atoms in total. The Morgan fingerprint density at radius 3 is 2.61 bits per heavy atom. The first-order valence-corrected chi connectivity index (χ1v) is 12.1. The molecule has 0 saturated heterocycles. The Balaban J connectivity index is 1.49. The van der Waals surface area contributed by atoms with Gasteiger partial charge in [0.15, 0.2) is 11.5 Å². The number of benzene rings is 2. The van der Waals surface area contributed by atoms with Crippen LogP contribution in [-0.2, 0) is 14.8 Å². The van der Waals surface area contributed by atoms with Crippen LogP contribution in [0.5, 0.6) is 11.5 Å². The van der Waals surface area contributed by atoms with E-state index < -0.39 is 15.9 Å². The number of hydrogen-bond donors (Lipinski definition) is 1. The fraction of sp³-hybridized carbons (Fsp3) is 0.227. The smallest absolute Gasteiger partial charge is 0.243 e. The fourth-order valence-electron chi connectivity index (χ4n) is 3.20. The normalized spacial score (nSPS) is 13.6. The summed E-state index contributed by atoms with van der Waals surface area (Å²) < 4.78 is 38.2. The number of fused-ring (bicyclic) bond motifs is 1. The third kappa shape index (κ3) is 4.73. The van der Waals surface area contributed by atoms with Gasteiger partial charge in [0.05, 0.1) is 24.7 Å². The molecule has 0 radical (unpaired) electrons. The van der Waals surface area contributed by atoms with Gasteiger partial charge in [-0.1, -0.05) is 24.3 Å². The molecule has 2 heterocycles. The number of anilines is 1. The Labute approximate surface area is 185 Å². The van der Waals surface area contributed by atoms with Crippen molar-refractivity contribution < 1.29 is 22.7 Å². The van der Waals surface area contributed by atoms with E-state index >= 15 is 0 Å². The Bertz CT molecular complexity index is 1180. The van der Waals surface area contributed by atoms with Crippen molar-refractivity contribution in [1.82, 2.24) is 4.31 Å². The van der Waals surface area contributed by atoms with E-state index in [9.17, 15) is 13.2 Å². The van der Waals surface area contributed by atoms with Gasteiger partial charge in [-0.25, -0.2) is 8.42 Å². The number of carbonyl (C=O) groups excluding carboxylic acids is 1. The summed E-state index contributed by atoms with van der Waals surface area (Å²) in [6.45, 7) is 0.653. The van der Waals surface area contributed by atoms with Crippen molar-refractivity contribution in [3.63, 3.8) is 0 Å². The zero-order valence-corrected chi connectivity index (χ0v) is 18.5. The SMILES string of the molecule is CN(CC(=O)Nc1ccccc1-c1cccs1)S(=O)(=O)c1ccc2c(c1)OCCCO2. The molecule has 1 aliphatic rings. The van der Waals surface area contributed by atoms with E-state index in [1.165, 1.54) is 19.2 Å². The van der Waals surface area contributed by atoms with E-state index in [-0.39, 0.29) is 11.4 Å². The molecule has 0 aliphatic carbocycles. The summed E-state index contributed by atoms with van der Waals surface area (Å²) in [5.41, 5.74) is 1.52. The number of ether oxygens (including phenoxy) is 2. The van der Waals surface area contributed by atoms with E-state index in [1.807, 2.05) is 35.7 Å². The highest BCUT2D eigenvalue weighted by atomic mass is 32.2. The lowest BCUT2D eigenvalue weighted by Crippen LogP contribution is -2.35. The summed E-state index contributed by atoms with van der Waals surface area (Å²) in [5.74, 6) is 0.479. The predicted octanol–water partition coefficient (Wildman–Crippen LogP) is 3.84. The maximum atomic E-state index is 13.0. The van der Waals surface area contributed by atoms with Crippen molar-refractivity contribution in [1.29, 1.82) is 0 Å². The van der Waals surface area contributed by atoms with Crippen LogP contribution in [0.15, 0.2) is 64.9 Å². The number of carbonyl (C=O) groups is 1. The summed E-state index contributed by atoms with van der Waals surface area (Å²) in [4.78, 5) is 13.7. The lowest BCUT2D eigenvalue weighted by molar-refractivity contribution is -0.116. The largest absolute Gasteiger partial charge is 0.490 e. The zero-order valence-electron chi connectivity index (χ0n) is 16.9. The van der Waals surface area contributed by atoms with Crippen LogP contribution in [0.25, 0.3) is 10.4 Å². The average Bonchev–Trinajstić information content (AvgIpc) is 3.18. The molecule has 162 valence electrons. The number of amides is 1.